The fourth-order valence-electron chi connectivity index (χ4n) is 2.02. The monoisotopic (exact) mass is 228 g/mol. The first-order valence-electron chi connectivity index (χ1n) is 6.59. The highest BCUT2D eigenvalue weighted by Crippen LogP contribution is 2.11. The Morgan fingerprint density at radius 2 is 1.81 bits per heavy atom. The molecule has 0 aliphatic heterocycles. The number of nitrogens with one attached hydrogen (secondary N) is 1. The second-order valence-electron chi connectivity index (χ2n) is 4.68. The van der Waals surface area contributed by atoms with Gasteiger partial charge in [-0.05, 0) is 12.3 Å². The second kappa shape index (κ2) is 8.57. The van der Waals surface area contributed by atoms with Gasteiger partial charge in [0.25, 0.3) is 0 Å². The van der Waals surface area contributed by atoms with Crippen molar-refractivity contribution < 1.29 is 4.79 Å². The molecule has 1 amide bonds. The molecule has 3 N–H and O–H groups in total. The number of hydrogen-bond donors (Lipinski definition) is 2. The van der Waals surface area contributed by atoms with Crippen LogP contribution >= 0.6 is 0 Å². The zero-order chi connectivity index (χ0) is 12.6. The summed E-state index contributed by atoms with van der Waals surface area (Å²) >= 11 is 0. The normalized spacial score (nSPS) is 14.9. The van der Waals surface area contributed by atoms with Gasteiger partial charge in [0.2, 0.25) is 5.91 Å². The molecule has 0 saturated carbocycles. The largest absolute Gasteiger partial charge is 0.354 e. The second-order valence-corrected chi connectivity index (χ2v) is 4.68. The lowest BCUT2D eigenvalue weighted by Crippen LogP contribution is -2.43. The zero-order valence-corrected chi connectivity index (χ0v) is 11.3. The van der Waals surface area contributed by atoms with Gasteiger partial charge in [0.05, 0.1) is 0 Å². The van der Waals surface area contributed by atoms with Crippen LogP contribution in [-0.2, 0) is 4.79 Å². The lowest BCUT2D eigenvalue weighted by molar-refractivity contribution is -0.124. The molecule has 0 aromatic rings. The molecule has 2 unspecified atom stereocenters. The highest BCUT2D eigenvalue weighted by atomic mass is 16.1. The molecule has 3 nitrogen and oxygen atoms in total. The first kappa shape index (κ1) is 15.4. The highest BCUT2D eigenvalue weighted by molar-refractivity contribution is 5.78. The van der Waals surface area contributed by atoms with Crippen LogP contribution in [0.2, 0.25) is 0 Å². The van der Waals surface area contributed by atoms with E-state index in [0.717, 1.165) is 25.7 Å². The van der Waals surface area contributed by atoms with Gasteiger partial charge in [0.1, 0.15) is 0 Å². The van der Waals surface area contributed by atoms with Crippen LogP contribution in [0.25, 0.3) is 0 Å². The summed E-state index contributed by atoms with van der Waals surface area (Å²) in [6.07, 6.45) is 4.16. The van der Waals surface area contributed by atoms with Crippen molar-refractivity contribution in [3.05, 3.63) is 0 Å². The van der Waals surface area contributed by atoms with E-state index in [-0.39, 0.29) is 17.9 Å². The average molecular weight is 228 g/mol. The number of rotatable bonds is 8. The molecule has 3 heteroatoms. The average Bonchev–Trinajstić information content (AvgIpc) is 2.27. The van der Waals surface area contributed by atoms with Gasteiger partial charge in [-0.15, -0.1) is 0 Å². The quantitative estimate of drug-likeness (QED) is 0.670. The van der Waals surface area contributed by atoms with E-state index in [0.29, 0.717) is 12.5 Å². The maximum Gasteiger partial charge on any atom is 0.222 e. The molecule has 16 heavy (non-hydrogen) atoms. The Bertz CT molecular complexity index is 190. The highest BCUT2D eigenvalue weighted by Gasteiger charge is 2.16. The van der Waals surface area contributed by atoms with Gasteiger partial charge >= 0.3 is 0 Å². The Morgan fingerprint density at radius 3 is 2.25 bits per heavy atom. The lowest BCUT2D eigenvalue weighted by Gasteiger charge is -2.22. The number of carbonyl (C=O) groups is 1. The third-order valence-corrected chi connectivity index (χ3v) is 3.34. The minimum Gasteiger partial charge on any atom is -0.354 e. The molecule has 0 aromatic carbocycles. The van der Waals surface area contributed by atoms with Gasteiger partial charge in [0, 0.05) is 18.5 Å². The maximum absolute atomic E-state index is 11.7. The van der Waals surface area contributed by atoms with Crippen molar-refractivity contribution in [1.29, 1.82) is 0 Å². The molecular formula is C13H28N2O. The molecular weight excluding hydrogens is 200 g/mol. The molecule has 0 radical (unpaired) electrons. The molecule has 0 aliphatic rings. The van der Waals surface area contributed by atoms with E-state index in [1.807, 2.05) is 6.92 Å². The summed E-state index contributed by atoms with van der Waals surface area (Å²) in [5.74, 6) is 0.768. The number of amides is 1. The van der Waals surface area contributed by atoms with Crippen molar-refractivity contribution in [2.45, 2.75) is 59.4 Å². The minimum absolute atomic E-state index is 0.0905. The summed E-state index contributed by atoms with van der Waals surface area (Å²) < 4.78 is 0. The third kappa shape index (κ3) is 5.50. The van der Waals surface area contributed by atoms with Gasteiger partial charge in [-0.25, -0.2) is 0 Å². The Morgan fingerprint density at radius 1 is 1.25 bits per heavy atom. The molecule has 0 aliphatic carbocycles. The van der Waals surface area contributed by atoms with Crippen LogP contribution in [0.3, 0.4) is 0 Å². The number of nitrogens with two attached hydrogens (primary N) is 1. The van der Waals surface area contributed by atoms with Crippen LogP contribution in [-0.4, -0.2) is 18.5 Å². The Labute approximate surface area is 100 Å². The lowest BCUT2D eigenvalue weighted by atomic mass is 9.94. The maximum atomic E-state index is 11.7. The van der Waals surface area contributed by atoms with E-state index in [2.05, 4.69) is 26.1 Å². The molecule has 0 fully saturated rings. The minimum atomic E-state index is 0.0905. The van der Waals surface area contributed by atoms with Crippen LogP contribution in [0.1, 0.15) is 53.4 Å². The van der Waals surface area contributed by atoms with Crippen LogP contribution in [0.15, 0.2) is 0 Å². The number of hydrogen-bond acceptors (Lipinski definition) is 2. The van der Waals surface area contributed by atoms with E-state index in [1.54, 1.807) is 0 Å². The van der Waals surface area contributed by atoms with Crippen molar-refractivity contribution in [2.24, 2.45) is 17.6 Å². The molecule has 2 atom stereocenters. The van der Waals surface area contributed by atoms with Gasteiger partial charge in [-0.2, -0.15) is 0 Å². The van der Waals surface area contributed by atoms with Crippen molar-refractivity contribution in [3.63, 3.8) is 0 Å². The first-order valence-corrected chi connectivity index (χ1v) is 6.59. The van der Waals surface area contributed by atoms with Crippen molar-refractivity contribution in [3.8, 4) is 0 Å². The summed E-state index contributed by atoms with van der Waals surface area (Å²) in [6.45, 7) is 8.98. The Hall–Kier alpha value is -0.570. The zero-order valence-electron chi connectivity index (χ0n) is 11.3. The van der Waals surface area contributed by atoms with Gasteiger partial charge in [0.15, 0.2) is 0 Å². The van der Waals surface area contributed by atoms with Crippen molar-refractivity contribution in [1.82, 2.24) is 5.32 Å². The van der Waals surface area contributed by atoms with E-state index in [9.17, 15) is 4.79 Å². The Kier molecular flexibility index (Phi) is 8.26. The predicted octanol–water partition coefficient (Wildman–Crippen LogP) is 2.30. The third-order valence-electron chi connectivity index (χ3n) is 3.34. The van der Waals surface area contributed by atoms with E-state index in [1.165, 1.54) is 0 Å². The summed E-state index contributed by atoms with van der Waals surface area (Å²) in [6, 6.07) is 0.0905. The van der Waals surface area contributed by atoms with E-state index < -0.39 is 0 Å². The SMILES string of the molecule is CCCC(C)C(=O)NCC(N)C(CC)CC. The predicted molar refractivity (Wildman–Crippen MR) is 69.1 cm³/mol. The first-order chi connectivity index (χ1) is 7.56. The molecule has 0 rings (SSSR count). The molecule has 96 valence electrons. The molecule has 0 bridgehead atoms. The summed E-state index contributed by atoms with van der Waals surface area (Å²) in [5, 5.41) is 2.95. The Balaban J connectivity index is 3.90. The summed E-state index contributed by atoms with van der Waals surface area (Å²) in [7, 11) is 0. The molecule has 0 spiro atoms. The van der Waals surface area contributed by atoms with Crippen LogP contribution < -0.4 is 11.1 Å². The fraction of sp³-hybridized carbons (Fsp3) is 0.923. The van der Waals surface area contributed by atoms with Crippen LogP contribution in [0.5, 0.6) is 0 Å². The van der Waals surface area contributed by atoms with E-state index in [4.69, 9.17) is 5.73 Å². The van der Waals surface area contributed by atoms with Gasteiger partial charge in [-0.1, -0.05) is 47.0 Å². The van der Waals surface area contributed by atoms with Crippen LogP contribution in [0, 0.1) is 11.8 Å². The van der Waals surface area contributed by atoms with E-state index >= 15 is 0 Å². The van der Waals surface area contributed by atoms with Crippen molar-refractivity contribution in [2.75, 3.05) is 6.54 Å². The smallest absolute Gasteiger partial charge is 0.222 e. The standard InChI is InChI=1S/C13H28N2O/c1-5-8-10(4)13(16)15-9-12(14)11(6-2)7-3/h10-12H,5-9,14H2,1-4H3,(H,15,16). The van der Waals surface area contributed by atoms with Crippen molar-refractivity contribution >= 4 is 5.91 Å². The fourth-order valence-corrected chi connectivity index (χ4v) is 2.02. The van der Waals surface area contributed by atoms with Gasteiger partial charge in [-0.3, -0.25) is 4.79 Å². The molecule has 0 heterocycles. The summed E-state index contributed by atoms with van der Waals surface area (Å²) in [5.41, 5.74) is 6.05. The molecule has 0 saturated heterocycles. The van der Waals surface area contributed by atoms with Gasteiger partial charge < -0.3 is 11.1 Å². The topological polar surface area (TPSA) is 55.1 Å². The van der Waals surface area contributed by atoms with Crippen LogP contribution in [0.4, 0.5) is 0 Å². The summed E-state index contributed by atoms with van der Waals surface area (Å²) in [4.78, 5) is 11.7. The number of carbonyl (C=O) groups excluding carboxylic acids is 1. The molecule has 0 aromatic heterocycles.